The van der Waals surface area contributed by atoms with Crippen molar-refractivity contribution in [1.29, 1.82) is 0 Å². The second kappa shape index (κ2) is 2.11. The normalized spacial score (nSPS) is 30.5. The first-order chi connectivity index (χ1) is 5.93. The molecule has 2 aliphatic heterocycles. The molecule has 1 saturated heterocycles. The minimum atomic E-state index is 0.556. The molecular weight excluding hydrogens is 150 g/mol. The van der Waals surface area contributed by atoms with Gasteiger partial charge in [0.25, 0.3) is 0 Å². The van der Waals surface area contributed by atoms with Crippen LogP contribution in [-0.4, -0.2) is 17.6 Å². The lowest BCUT2D eigenvalue weighted by Gasteiger charge is -2.04. The average molecular weight is 159 g/mol. The van der Waals surface area contributed by atoms with Crippen LogP contribution < -0.4 is 0 Å². The van der Waals surface area contributed by atoms with E-state index in [1.54, 1.807) is 0 Å². The van der Waals surface area contributed by atoms with Crippen molar-refractivity contribution in [3.05, 3.63) is 42.0 Å². The summed E-state index contributed by atoms with van der Waals surface area (Å²) in [6.07, 6.45) is 2.18. The molecular formula is C10H9NO. The monoisotopic (exact) mass is 159 g/mol. The Balaban J connectivity index is 1.95. The smallest absolute Gasteiger partial charge is 0.152 e. The van der Waals surface area contributed by atoms with Gasteiger partial charge in [0, 0.05) is 5.56 Å². The third kappa shape index (κ3) is 0.850. The molecule has 12 heavy (non-hydrogen) atoms. The minimum Gasteiger partial charge on any atom is -0.405 e. The quantitative estimate of drug-likeness (QED) is 0.578. The maximum atomic E-state index is 5.52. The van der Waals surface area contributed by atoms with Crippen LogP contribution in [0.4, 0.5) is 0 Å². The highest BCUT2D eigenvalue weighted by molar-refractivity contribution is 5.62. The lowest BCUT2D eigenvalue weighted by atomic mass is 10.2. The van der Waals surface area contributed by atoms with Crippen molar-refractivity contribution in [2.24, 2.45) is 0 Å². The van der Waals surface area contributed by atoms with Crippen LogP contribution in [0.15, 0.2) is 36.4 Å². The van der Waals surface area contributed by atoms with Crippen LogP contribution in [-0.2, 0) is 4.84 Å². The molecule has 2 atom stereocenters. The van der Waals surface area contributed by atoms with Crippen LogP contribution in [0.2, 0.25) is 0 Å². The number of rotatable bonds is 1. The van der Waals surface area contributed by atoms with Gasteiger partial charge in [0.05, 0.1) is 12.6 Å². The first kappa shape index (κ1) is 6.26. The summed E-state index contributed by atoms with van der Waals surface area (Å²) in [6, 6.07) is 10.8. The molecule has 1 fully saturated rings. The highest BCUT2D eigenvalue weighted by Gasteiger charge is 2.41. The molecule has 0 spiro atoms. The summed E-state index contributed by atoms with van der Waals surface area (Å²) >= 11 is 0. The van der Waals surface area contributed by atoms with E-state index in [4.69, 9.17) is 4.84 Å². The first-order valence-corrected chi connectivity index (χ1v) is 4.15. The Hall–Kier alpha value is -1.28. The summed E-state index contributed by atoms with van der Waals surface area (Å²) in [7, 11) is 0. The van der Waals surface area contributed by atoms with Gasteiger partial charge >= 0.3 is 0 Å². The number of fused-ring (bicyclic) bond motifs is 1. The lowest BCUT2D eigenvalue weighted by molar-refractivity contribution is 0.0384. The van der Waals surface area contributed by atoms with Crippen LogP contribution in [0.3, 0.4) is 0 Å². The lowest BCUT2D eigenvalue weighted by Crippen LogP contribution is -1.93. The highest BCUT2D eigenvalue weighted by atomic mass is 16.7. The van der Waals surface area contributed by atoms with Gasteiger partial charge in [0.2, 0.25) is 0 Å². The van der Waals surface area contributed by atoms with Crippen molar-refractivity contribution in [1.82, 2.24) is 5.06 Å². The third-order valence-electron chi connectivity index (χ3n) is 2.22. The predicted molar refractivity (Wildman–Crippen MR) is 46.0 cm³/mol. The molecule has 1 aromatic carbocycles. The Labute approximate surface area is 71.0 Å². The van der Waals surface area contributed by atoms with Crippen molar-refractivity contribution in [2.75, 3.05) is 6.54 Å². The SMILES string of the molecule is C1=C(c2ccccc2)ON2CC12. The summed E-state index contributed by atoms with van der Waals surface area (Å²) in [4.78, 5) is 5.52. The summed E-state index contributed by atoms with van der Waals surface area (Å²) in [5.74, 6) is 1.01. The number of hydrogen-bond acceptors (Lipinski definition) is 2. The number of nitrogens with zero attached hydrogens (tertiary/aromatic N) is 1. The van der Waals surface area contributed by atoms with Gasteiger partial charge in [-0.3, -0.25) is 0 Å². The molecule has 60 valence electrons. The minimum absolute atomic E-state index is 0.556. The van der Waals surface area contributed by atoms with Crippen LogP contribution in [0.1, 0.15) is 5.56 Å². The summed E-state index contributed by atoms with van der Waals surface area (Å²) in [6.45, 7) is 1.07. The fraction of sp³-hybridized carbons (Fsp3) is 0.200. The Morgan fingerprint density at radius 1 is 1.25 bits per heavy atom. The van der Waals surface area contributed by atoms with Gasteiger partial charge in [0.1, 0.15) is 0 Å². The van der Waals surface area contributed by atoms with Gasteiger partial charge in [-0.1, -0.05) is 30.3 Å². The molecule has 0 aromatic heterocycles. The molecule has 0 amide bonds. The topological polar surface area (TPSA) is 12.2 Å². The molecule has 2 heterocycles. The van der Waals surface area contributed by atoms with E-state index in [-0.39, 0.29) is 0 Å². The van der Waals surface area contributed by atoms with Gasteiger partial charge in [0.15, 0.2) is 5.76 Å². The average Bonchev–Trinajstić information content (AvgIpc) is 2.75. The van der Waals surface area contributed by atoms with E-state index >= 15 is 0 Å². The fourth-order valence-electron chi connectivity index (χ4n) is 1.46. The van der Waals surface area contributed by atoms with E-state index < -0.39 is 0 Å². The molecule has 3 rings (SSSR count). The maximum Gasteiger partial charge on any atom is 0.152 e. The summed E-state index contributed by atoms with van der Waals surface area (Å²) < 4.78 is 0. The fourth-order valence-corrected chi connectivity index (χ4v) is 1.46. The van der Waals surface area contributed by atoms with Gasteiger partial charge in [-0.2, -0.15) is 0 Å². The molecule has 2 nitrogen and oxygen atoms in total. The Morgan fingerprint density at radius 3 is 2.75 bits per heavy atom. The van der Waals surface area contributed by atoms with Gasteiger partial charge in [-0.25, -0.2) is 0 Å². The van der Waals surface area contributed by atoms with Crippen molar-refractivity contribution < 1.29 is 4.84 Å². The maximum absolute atomic E-state index is 5.52. The van der Waals surface area contributed by atoms with Crippen LogP contribution in [0.5, 0.6) is 0 Å². The van der Waals surface area contributed by atoms with Crippen LogP contribution >= 0.6 is 0 Å². The Bertz CT molecular complexity index is 331. The second-order valence-corrected chi connectivity index (χ2v) is 3.16. The zero-order valence-electron chi connectivity index (χ0n) is 6.60. The van der Waals surface area contributed by atoms with Crippen molar-refractivity contribution in [3.8, 4) is 0 Å². The van der Waals surface area contributed by atoms with Gasteiger partial charge in [-0.15, -0.1) is 5.06 Å². The zero-order valence-corrected chi connectivity index (χ0v) is 6.60. The van der Waals surface area contributed by atoms with E-state index in [9.17, 15) is 0 Å². The van der Waals surface area contributed by atoms with Crippen molar-refractivity contribution in [3.63, 3.8) is 0 Å². The van der Waals surface area contributed by atoms with E-state index in [1.807, 2.05) is 23.3 Å². The second-order valence-electron chi connectivity index (χ2n) is 3.16. The number of benzene rings is 1. The van der Waals surface area contributed by atoms with E-state index in [2.05, 4.69) is 18.2 Å². The van der Waals surface area contributed by atoms with Crippen molar-refractivity contribution in [2.45, 2.75) is 6.04 Å². The summed E-state index contributed by atoms with van der Waals surface area (Å²) in [5.41, 5.74) is 1.17. The number of hydroxylamine groups is 2. The standard InChI is InChI=1S/C10H9NO/c1-2-4-8(5-3-1)10-6-9-7-11(9)12-10/h1-6,9H,7H2. The number of hydrogen-bond donors (Lipinski definition) is 0. The molecule has 0 aliphatic carbocycles. The van der Waals surface area contributed by atoms with E-state index in [1.165, 1.54) is 5.56 Å². The first-order valence-electron chi connectivity index (χ1n) is 4.15. The molecule has 2 unspecified atom stereocenters. The molecule has 0 saturated carbocycles. The van der Waals surface area contributed by atoms with Crippen LogP contribution in [0, 0.1) is 0 Å². The third-order valence-corrected chi connectivity index (χ3v) is 2.22. The highest BCUT2D eigenvalue weighted by Crippen LogP contribution is 2.34. The largest absolute Gasteiger partial charge is 0.405 e. The zero-order chi connectivity index (χ0) is 7.97. The molecule has 0 bridgehead atoms. The van der Waals surface area contributed by atoms with Crippen molar-refractivity contribution >= 4 is 5.76 Å². The molecule has 2 heteroatoms. The van der Waals surface area contributed by atoms with E-state index in [0.717, 1.165) is 12.3 Å². The molecule has 2 aliphatic rings. The predicted octanol–water partition coefficient (Wildman–Crippen LogP) is 1.66. The van der Waals surface area contributed by atoms with E-state index in [0.29, 0.717) is 6.04 Å². The van der Waals surface area contributed by atoms with Gasteiger partial charge in [-0.05, 0) is 6.08 Å². The molecule has 0 N–H and O–H groups in total. The van der Waals surface area contributed by atoms with Crippen LogP contribution in [0.25, 0.3) is 5.76 Å². The Kier molecular flexibility index (Phi) is 1.10. The summed E-state index contributed by atoms with van der Waals surface area (Å²) in [5, 5.41) is 1.97. The van der Waals surface area contributed by atoms with Gasteiger partial charge < -0.3 is 4.84 Å². The molecule has 0 radical (unpaired) electrons. The molecule has 1 aromatic rings. The Morgan fingerprint density at radius 2 is 2.08 bits per heavy atom.